The van der Waals surface area contributed by atoms with Gasteiger partial charge in [-0.05, 0) is 31.5 Å². The van der Waals surface area contributed by atoms with Crippen molar-refractivity contribution in [2.45, 2.75) is 38.9 Å². The Morgan fingerprint density at radius 3 is 2.69 bits per heavy atom. The summed E-state index contributed by atoms with van der Waals surface area (Å²) in [7, 11) is 1.65. The Bertz CT molecular complexity index is 1200. The van der Waals surface area contributed by atoms with Crippen LogP contribution in [0.1, 0.15) is 30.1 Å². The molecular weight excluding hydrogens is 431 g/mol. The van der Waals surface area contributed by atoms with Gasteiger partial charge in [0.2, 0.25) is 5.43 Å². The Morgan fingerprint density at radius 1 is 1.31 bits per heavy atom. The molecule has 1 aromatic carbocycles. The summed E-state index contributed by atoms with van der Waals surface area (Å²) in [6, 6.07) is 6.32. The third kappa shape index (κ3) is 4.05. The number of halogens is 1. The summed E-state index contributed by atoms with van der Waals surface area (Å²) < 4.78 is 20.4. The second-order valence-electron chi connectivity index (χ2n) is 8.08. The lowest BCUT2D eigenvalue weighted by Gasteiger charge is -2.43. The number of aromatic hydroxyl groups is 1. The summed E-state index contributed by atoms with van der Waals surface area (Å²) >= 11 is 1.28. The SMILES string of the molecule is C=C1c2c(O)c(=O)c(-c3nnc(Cc4ccc(F)cc4)s3)cn2C[C@H](COC)N1C(C)C. The molecule has 168 valence electrons. The maximum absolute atomic E-state index is 13.1. The summed E-state index contributed by atoms with van der Waals surface area (Å²) in [4.78, 5) is 15.1. The number of nitrogens with zero attached hydrogens (tertiary/aromatic N) is 4. The predicted molar refractivity (Wildman–Crippen MR) is 122 cm³/mol. The van der Waals surface area contributed by atoms with Crippen LogP contribution in [0.15, 0.2) is 41.8 Å². The number of fused-ring (bicyclic) bond motifs is 1. The lowest BCUT2D eigenvalue weighted by Crippen LogP contribution is -2.48. The fourth-order valence-corrected chi connectivity index (χ4v) is 5.06. The van der Waals surface area contributed by atoms with Crippen molar-refractivity contribution in [3.05, 3.63) is 69.3 Å². The van der Waals surface area contributed by atoms with Gasteiger partial charge >= 0.3 is 0 Å². The lowest BCUT2D eigenvalue weighted by atomic mass is 10.0. The van der Waals surface area contributed by atoms with E-state index < -0.39 is 5.43 Å². The van der Waals surface area contributed by atoms with E-state index in [2.05, 4.69) is 21.7 Å². The molecule has 0 radical (unpaired) electrons. The molecule has 2 aromatic heterocycles. The van der Waals surface area contributed by atoms with E-state index in [0.29, 0.717) is 41.0 Å². The number of benzene rings is 1. The van der Waals surface area contributed by atoms with Crippen LogP contribution >= 0.6 is 11.3 Å². The quantitative estimate of drug-likeness (QED) is 0.612. The molecular formula is C23H25FN4O3S. The largest absolute Gasteiger partial charge is 0.503 e. The van der Waals surface area contributed by atoms with E-state index in [-0.39, 0.29) is 29.2 Å². The van der Waals surface area contributed by atoms with Gasteiger partial charge in [-0.25, -0.2) is 4.39 Å². The monoisotopic (exact) mass is 456 g/mol. The molecule has 0 spiro atoms. The van der Waals surface area contributed by atoms with Crippen LogP contribution < -0.4 is 5.43 Å². The minimum absolute atomic E-state index is 0.0122. The van der Waals surface area contributed by atoms with Crippen molar-refractivity contribution >= 4 is 17.0 Å². The number of hydrogen-bond acceptors (Lipinski definition) is 7. The van der Waals surface area contributed by atoms with Crippen molar-refractivity contribution < 1.29 is 14.2 Å². The normalized spacial score (nSPS) is 16.0. The standard InChI is InChI=1S/C23H25FN4O3S/c1-13(2)28-14(3)20-22(30)21(29)18(11-27(20)10-17(28)12-31-4)23-26-25-19(32-23)9-15-5-7-16(24)8-6-15/h5-8,11,13,17,30H,3,9-10,12H2,1-2,4H3/t17-/m1/s1. The predicted octanol–water partition coefficient (Wildman–Crippen LogP) is 3.51. The molecule has 0 aliphatic carbocycles. The minimum atomic E-state index is -0.504. The number of ether oxygens (including phenoxy) is 1. The van der Waals surface area contributed by atoms with Gasteiger partial charge in [0.05, 0.1) is 23.9 Å². The van der Waals surface area contributed by atoms with E-state index in [9.17, 15) is 14.3 Å². The molecule has 4 rings (SSSR count). The van der Waals surface area contributed by atoms with Crippen LogP contribution in [0.4, 0.5) is 4.39 Å². The summed E-state index contributed by atoms with van der Waals surface area (Å²) in [6.45, 7) is 9.24. The van der Waals surface area contributed by atoms with Crippen LogP contribution in [-0.4, -0.2) is 50.6 Å². The maximum atomic E-state index is 13.1. The van der Waals surface area contributed by atoms with E-state index in [0.717, 1.165) is 5.56 Å². The average Bonchev–Trinajstić information content (AvgIpc) is 3.20. The number of methoxy groups -OCH3 is 1. The Hall–Kier alpha value is -3.04. The van der Waals surface area contributed by atoms with E-state index in [1.165, 1.54) is 23.5 Å². The smallest absolute Gasteiger partial charge is 0.234 e. The van der Waals surface area contributed by atoms with E-state index in [4.69, 9.17) is 4.74 Å². The maximum Gasteiger partial charge on any atom is 0.234 e. The molecule has 32 heavy (non-hydrogen) atoms. The van der Waals surface area contributed by atoms with Gasteiger partial charge in [-0.2, -0.15) is 0 Å². The van der Waals surface area contributed by atoms with Gasteiger partial charge in [-0.15, -0.1) is 10.2 Å². The van der Waals surface area contributed by atoms with Gasteiger partial charge in [-0.1, -0.05) is 30.0 Å². The molecule has 0 fully saturated rings. The molecule has 1 aliphatic rings. The highest BCUT2D eigenvalue weighted by molar-refractivity contribution is 7.14. The summed E-state index contributed by atoms with van der Waals surface area (Å²) in [5.74, 6) is -0.641. The highest BCUT2D eigenvalue weighted by Crippen LogP contribution is 2.35. The molecule has 9 heteroatoms. The van der Waals surface area contributed by atoms with Crippen molar-refractivity contribution in [3.63, 3.8) is 0 Å². The Balaban J connectivity index is 1.71. The van der Waals surface area contributed by atoms with E-state index in [1.807, 2.05) is 18.4 Å². The second kappa shape index (κ2) is 8.84. The van der Waals surface area contributed by atoms with E-state index in [1.54, 1.807) is 25.4 Å². The molecule has 7 nitrogen and oxygen atoms in total. The van der Waals surface area contributed by atoms with Gasteiger partial charge in [0.15, 0.2) is 10.8 Å². The van der Waals surface area contributed by atoms with Crippen LogP contribution in [0.25, 0.3) is 16.3 Å². The molecule has 0 unspecified atom stereocenters. The zero-order valence-corrected chi connectivity index (χ0v) is 19.0. The van der Waals surface area contributed by atoms with Gasteiger partial charge in [-0.3, -0.25) is 4.79 Å². The summed E-state index contributed by atoms with van der Waals surface area (Å²) in [5.41, 5.74) is 1.68. The van der Waals surface area contributed by atoms with Gasteiger partial charge < -0.3 is 19.3 Å². The zero-order chi connectivity index (χ0) is 23.0. The first-order valence-corrected chi connectivity index (χ1v) is 11.1. The highest BCUT2D eigenvalue weighted by atomic mass is 32.1. The number of hydrogen-bond donors (Lipinski definition) is 1. The first kappa shape index (κ1) is 22.2. The van der Waals surface area contributed by atoms with Crippen molar-refractivity contribution in [3.8, 4) is 16.3 Å². The van der Waals surface area contributed by atoms with Crippen LogP contribution in [-0.2, 0) is 17.7 Å². The van der Waals surface area contributed by atoms with Crippen molar-refractivity contribution in [2.24, 2.45) is 0 Å². The molecule has 0 amide bonds. The average molecular weight is 457 g/mol. The van der Waals surface area contributed by atoms with E-state index >= 15 is 0 Å². The van der Waals surface area contributed by atoms with Crippen LogP contribution in [0, 0.1) is 5.82 Å². The molecule has 1 N–H and O–H groups in total. The molecule has 3 heterocycles. The molecule has 0 bridgehead atoms. The topological polar surface area (TPSA) is 80.5 Å². The van der Waals surface area contributed by atoms with Crippen LogP contribution in [0.5, 0.6) is 5.75 Å². The van der Waals surface area contributed by atoms with Crippen molar-refractivity contribution in [1.29, 1.82) is 0 Å². The number of rotatable bonds is 6. The van der Waals surface area contributed by atoms with Crippen molar-refractivity contribution in [1.82, 2.24) is 19.7 Å². The number of aromatic nitrogens is 3. The summed E-state index contributed by atoms with van der Waals surface area (Å²) in [6.07, 6.45) is 2.19. The fourth-order valence-electron chi connectivity index (χ4n) is 4.18. The Morgan fingerprint density at radius 2 is 2.03 bits per heavy atom. The van der Waals surface area contributed by atoms with Gasteiger partial charge in [0, 0.05) is 32.3 Å². The first-order chi connectivity index (χ1) is 15.3. The third-order valence-electron chi connectivity index (χ3n) is 5.52. The molecule has 1 atom stereocenters. The Labute approximate surface area is 189 Å². The second-order valence-corrected chi connectivity index (χ2v) is 9.14. The fraction of sp³-hybridized carbons (Fsp3) is 0.348. The highest BCUT2D eigenvalue weighted by Gasteiger charge is 2.33. The molecule has 0 saturated carbocycles. The molecule has 1 aliphatic heterocycles. The number of pyridine rings is 1. The van der Waals surface area contributed by atoms with Crippen molar-refractivity contribution in [2.75, 3.05) is 13.7 Å². The molecule has 3 aromatic rings. The van der Waals surface area contributed by atoms with Crippen LogP contribution in [0.3, 0.4) is 0 Å². The van der Waals surface area contributed by atoms with Gasteiger partial charge in [0.25, 0.3) is 0 Å². The molecule has 0 saturated heterocycles. The third-order valence-corrected chi connectivity index (χ3v) is 6.48. The zero-order valence-electron chi connectivity index (χ0n) is 18.2. The Kier molecular flexibility index (Phi) is 6.12. The first-order valence-electron chi connectivity index (χ1n) is 10.3. The summed E-state index contributed by atoms with van der Waals surface area (Å²) in [5, 5.41) is 20.3. The van der Waals surface area contributed by atoms with Gasteiger partial charge in [0.1, 0.15) is 16.5 Å². The van der Waals surface area contributed by atoms with Crippen LogP contribution in [0.2, 0.25) is 0 Å². The minimum Gasteiger partial charge on any atom is -0.503 e. The lowest BCUT2D eigenvalue weighted by molar-refractivity contribution is 0.0908.